The Morgan fingerprint density at radius 3 is 2.67 bits per heavy atom. The summed E-state index contributed by atoms with van der Waals surface area (Å²) in [5.74, 6) is 0.715. The zero-order valence-electron chi connectivity index (χ0n) is 12.0. The fraction of sp³-hybridized carbons (Fsp3) is 0.929. The van der Waals surface area contributed by atoms with Gasteiger partial charge in [-0.25, -0.2) is 0 Å². The van der Waals surface area contributed by atoms with Crippen LogP contribution in [0.5, 0.6) is 0 Å². The highest BCUT2D eigenvalue weighted by Gasteiger charge is 2.13. The highest BCUT2D eigenvalue weighted by molar-refractivity contribution is 5.76. The summed E-state index contributed by atoms with van der Waals surface area (Å²) in [5, 5.41) is 6.19. The molecule has 18 heavy (non-hydrogen) atoms. The molecule has 0 radical (unpaired) electrons. The number of hydrogen-bond donors (Lipinski definition) is 2. The molecule has 0 bridgehead atoms. The summed E-state index contributed by atoms with van der Waals surface area (Å²) >= 11 is 0. The maximum atomic E-state index is 11.5. The van der Waals surface area contributed by atoms with Crippen LogP contribution >= 0.6 is 0 Å². The Morgan fingerprint density at radius 2 is 2.00 bits per heavy atom. The lowest BCUT2D eigenvalue weighted by atomic mass is 10.1. The van der Waals surface area contributed by atoms with E-state index in [1.807, 2.05) is 0 Å². The molecule has 1 aliphatic heterocycles. The minimum Gasteiger partial charge on any atom is -0.356 e. The number of nitrogens with zero attached hydrogens (tertiary/aromatic N) is 1. The number of amides is 1. The van der Waals surface area contributed by atoms with Crippen molar-refractivity contribution in [2.75, 3.05) is 39.3 Å². The average Bonchev–Trinajstić information content (AvgIpc) is 2.38. The van der Waals surface area contributed by atoms with Gasteiger partial charge in [0.15, 0.2) is 0 Å². The van der Waals surface area contributed by atoms with E-state index in [0.29, 0.717) is 12.3 Å². The maximum Gasteiger partial charge on any atom is 0.221 e. The third-order valence-corrected chi connectivity index (χ3v) is 3.45. The van der Waals surface area contributed by atoms with E-state index in [0.717, 1.165) is 26.2 Å². The molecule has 1 rings (SSSR count). The summed E-state index contributed by atoms with van der Waals surface area (Å²) in [6, 6.07) is 0. The van der Waals surface area contributed by atoms with Crippen molar-refractivity contribution in [1.82, 2.24) is 15.5 Å². The minimum atomic E-state index is 0.168. The molecule has 0 saturated carbocycles. The van der Waals surface area contributed by atoms with Gasteiger partial charge in [-0.1, -0.05) is 20.3 Å². The first-order valence-electron chi connectivity index (χ1n) is 7.42. The topological polar surface area (TPSA) is 44.4 Å². The highest BCUT2D eigenvalue weighted by Crippen LogP contribution is 2.10. The predicted octanol–water partition coefficient (Wildman–Crippen LogP) is 1.22. The number of hydrogen-bond acceptors (Lipinski definition) is 3. The van der Waals surface area contributed by atoms with Gasteiger partial charge >= 0.3 is 0 Å². The van der Waals surface area contributed by atoms with Gasteiger partial charge in [0, 0.05) is 26.1 Å². The van der Waals surface area contributed by atoms with Gasteiger partial charge in [0.2, 0.25) is 5.91 Å². The Morgan fingerprint density at radius 1 is 1.28 bits per heavy atom. The van der Waals surface area contributed by atoms with Crippen LogP contribution in [0.25, 0.3) is 0 Å². The molecule has 1 aliphatic rings. The molecule has 4 nitrogen and oxygen atoms in total. The van der Waals surface area contributed by atoms with E-state index < -0.39 is 0 Å². The van der Waals surface area contributed by atoms with E-state index in [2.05, 4.69) is 29.4 Å². The molecule has 0 aromatic rings. The first-order chi connectivity index (χ1) is 8.72. The summed E-state index contributed by atoms with van der Waals surface area (Å²) in [6.07, 6.45) is 4.64. The second-order valence-corrected chi connectivity index (χ2v) is 5.37. The van der Waals surface area contributed by atoms with Crippen molar-refractivity contribution in [3.63, 3.8) is 0 Å². The Bertz CT molecular complexity index is 227. The van der Waals surface area contributed by atoms with Gasteiger partial charge in [0.1, 0.15) is 0 Å². The van der Waals surface area contributed by atoms with E-state index in [1.54, 1.807) is 0 Å². The predicted molar refractivity (Wildman–Crippen MR) is 75.6 cm³/mol. The van der Waals surface area contributed by atoms with Crippen molar-refractivity contribution in [3.05, 3.63) is 0 Å². The zero-order chi connectivity index (χ0) is 13.2. The van der Waals surface area contributed by atoms with Crippen LogP contribution in [-0.2, 0) is 4.79 Å². The summed E-state index contributed by atoms with van der Waals surface area (Å²) in [5.41, 5.74) is 0. The lowest BCUT2D eigenvalue weighted by molar-refractivity contribution is -0.121. The molecule has 0 spiro atoms. The minimum absolute atomic E-state index is 0.168. The highest BCUT2D eigenvalue weighted by atomic mass is 16.1. The molecule has 0 aliphatic carbocycles. The molecule has 0 aromatic heterocycles. The van der Waals surface area contributed by atoms with Gasteiger partial charge in [-0.3, -0.25) is 4.79 Å². The first-order valence-corrected chi connectivity index (χ1v) is 7.42. The SMILES string of the molecule is CCNCCC(=O)NCC(C)CN1CCCCC1. The van der Waals surface area contributed by atoms with Crippen LogP contribution < -0.4 is 10.6 Å². The Hall–Kier alpha value is -0.610. The van der Waals surface area contributed by atoms with Gasteiger partial charge in [-0.15, -0.1) is 0 Å². The number of carbonyl (C=O) groups is 1. The van der Waals surface area contributed by atoms with Crippen LogP contribution in [0.1, 0.15) is 39.5 Å². The molecule has 0 aromatic carbocycles. The normalized spacial score (nSPS) is 18.6. The maximum absolute atomic E-state index is 11.5. The van der Waals surface area contributed by atoms with E-state index in [4.69, 9.17) is 0 Å². The van der Waals surface area contributed by atoms with Gasteiger partial charge in [-0.2, -0.15) is 0 Å². The van der Waals surface area contributed by atoms with Crippen LogP contribution in [0.3, 0.4) is 0 Å². The third-order valence-electron chi connectivity index (χ3n) is 3.45. The van der Waals surface area contributed by atoms with Gasteiger partial charge in [0.25, 0.3) is 0 Å². The Labute approximate surface area is 111 Å². The molecular formula is C14H29N3O. The summed E-state index contributed by atoms with van der Waals surface area (Å²) in [6.45, 7) is 10.4. The van der Waals surface area contributed by atoms with Crippen LogP contribution in [0.15, 0.2) is 0 Å². The molecule has 4 heteroatoms. The van der Waals surface area contributed by atoms with Crippen molar-refractivity contribution in [2.45, 2.75) is 39.5 Å². The van der Waals surface area contributed by atoms with Crippen molar-refractivity contribution < 1.29 is 4.79 Å². The van der Waals surface area contributed by atoms with Gasteiger partial charge < -0.3 is 15.5 Å². The number of nitrogens with one attached hydrogen (secondary N) is 2. The number of likely N-dealkylation sites (tertiary alicyclic amines) is 1. The summed E-state index contributed by atoms with van der Waals surface area (Å²) in [4.78, 5) is 14.1. The lowest BCUT2D eigenvalue weighted by Gasteiger charge is -2.29. The van der Waals surface area contributed by atoms with E-state index in [9.17, 15) is 4.79 Å². The van der Waals surface area contributed by atoms with Crippen LogP contribution in [0.2, 0.25) is 0 Å². The fourth-order valence-electron chi connectivity index (χ4n) is 2.40. The smallest absolute Gasteiger partial charge is 0.221 e. The molecule has 1 atom stereocenters. The third kappa shape index (κ3) is 6.97. The number of carbonyl (C=O) groups excluding carboxylic acids is 1. The molecule has 1 saturated heterocycles. The molecule has 1 amide bonds. The fourth-order valence-corrected chi connectivity index (χ4v) is 2.40. The number of rotatable bonds is 8. The zero-order valence-corrected chi connectivity index (χ0v) is 12.0. The first kappa shape index (κ1) is 15.4. The van der Waals surface area contributed by atoms with Gasteiger partial charge in [-0.05, 0) is 38.4 Å². The van der Waals surface area contributed by atoms with Crippen LogP contribution in [0.4, 0.5) is 0 Å². The monoisotopic (exact) mass is 255 g/mol. The largest absolute Gasteiger partial charge is 0.356 e. The quantitative estimate of drug-likeness (QED) is 0.641. The van der Waals surface area contributed by atoms with Crippen molar-refractivity contribution >= 4 is 5.91 Å². The van der Waals surface area contributed by atoms with Crippen LogP contribution in [0, 0.1) is 5.92 Å². The lowest BCUT2D eigenvalue weighted by Crippen LogP contribution is -2.38. The second-order valence-electron chi connectivity index (χ2n) is 5.37. The van der Waals surface area contributed by atoms with Crippen molar-refractivity contribution in [2.24, 2.45) is 5.92 Å². The summed E-state index contributed by atoms with van der Waals surface area (Å²) in [7, 11) is 0. The molecule has 1 heterocycles. The summed E-state index contributed by atoms with van der Waals surface area (Å²) < 4.78 is 0. The molecular weight excluding hydrogens is 226 g/mol. The Kier molecular flexibility index (Phi) is 8.01. The molecule has 2 N–H and O–H groups in total. The number of piperidine rings is 1. The van der Waals surface area contributed by atoms with Crippen LogP contribution in [-0.4, -0.2) is 50.1 Å². The standard InChI is InChI=1S/C14H29N3O/c1-3-15-8-7-14(18)16-11-13(2)12-17-9-5-4-6-10-17/h13,15H,3-12H2,1-2H3,(H,16,18). The molecule has 1 unspecified atom stereocenters. The van der Waals surface area contributed by atoms with Gasteiger partial charge in [0.05, 0.1) is 0 Å². The van der Waals surface area contributed by atoms with Crippen molar-refractivity contribution in [1.29, 1.82) is 0 Å². The second kappa shape index (κ2) is 9.34. The van der Waals surface area contributed by atoms with Crippen molar-refractivity contribution in [3.8, 4) is 0 Å². The molecule has 1 fully saturated rings. The van der Waals surface area contributed by atoms with E-state index >= 15 is 0 Å². The van der Waals surface area contributed by atoms with E-state index in [-0.39, 0.29) is 5.91 Å². The molecule has 106 valence electrons. The Balaban J connectivity index is 2.04. The average molecular weight is 255 g/mol. The van der Waals surface area contributed by atoms with E-state index in [1.165, 1.54) is 32.4 Å².